The van der Waals surface area contributed by atoms with Crippen molar-refractivity contribution >= 4 is 10.8 Å². The fourth-order valence-corrected chi connectivity index (χ4v) is 1.58. The van der Waals surface area contributed by atoms with Crippen molar-refractivity contribution in [3.05, 3.63) is 47.5 Å². The van der Waals surface area contributed by atoms with Crippen LogP contribution in [0.15, 0.2) is 36.4 Å². The van der Waals surface area contributed by atoms with Gasteiger partial charge in [-0.15, -0.1) is 0 Å². The summed E-state index contributed by atoms with van der Waals surface area (Å²) in [5.74, 6) is 0. The van der Waals surface area contributed by atoms with Gasteiger partial charge in [-0.2, -0.15) is 5.26 Å². The Morgan fingerprint density at radius 2 is 2.00 bits per heavy atom. The van der Waals surface area contributed by atoms with Crippen molar-refractivity contribution in [1.29, 1.82) is 5.26 Å². The summed E-state index contributed by atoms with van der Waals surface area (Å²) < 4.78 is 0. The number of nitriles is 1. The SMILES string of the molecule is N#Cc1cc(CN)cc2ccccc12. The summed E-state index contributed by atoms with van der Waals surface area (Å²) >= 11 is 0. The maximum absolute atomic E-state index is 8.96. The lowest BCUT2D eigenvalue weighted by Gasteiger charge is -2.03. The number of hydrogen-bond donors (Lipinski definition) is 1. The first-order chi connectivity index (χ1) is 6.85. The zero-order chi connectivity index (χ0) is 9.97. The van der Waals surface area contributed by atoms with E-state index in [2.05, 4.69) is 6.07 Å². The van der Waals surface area contributed by atoms with Crippen LogP contribution in [0.2, 0.25) is 0 Å². The van der Waals surface area contributed by atoms with Crippen LogP contribution in [0.25, 0.3) is 10.8 Å². The molecule has 2 N–H and O–H groups in total. The molecule has 0 aliphatic heterocycles. The Labute approximate surface area is 82.6 Å². The molecule has 0 bridgehead atoms. The minimum Gasteiger partial charge on any atom is -0.326 e. The summed E-state index contributed by atoms with van der Waals surface area (Å²) in [6, 6.07) is 13.9. The van der Waals surface area contributed by atoms with Gasteiger partial charge < -0.3 is 5.73 Å². The van der Waals surface area contributed by atoms with E-state index in [1.165, 1.54) is 0 Å². The molecule has 0 atom stereocenters. The van der Waals surface area contributed by atoms with E-state index in [1.807, 2.05) is 36.4 Å². The van der Waals surface area contributed by atoms with E-state index >= 15 is 0 Å². The van der Waals surface area contributed by atoms with Crippen LogP contribution >= 0.6 is 0 Å². The van der Waals surface area contributed by atoms with Crippen molar-refractivity contribution in [2.75, 3.05) is 0 Å². The predicted octanol–water partition coefficient (Wildman–Crippen LogP) is 2.17. The van der Waals surface area contributed by atoms with Crippen molar-refractivity contribution < 1.29 is 0 Å². The lowest BCUT2D eigenvalue weighted by atomic mass is 10.0. The second kappa shape index (κ2) is 3.49. The van der Waals surface area contributed by atoms with Gasteiger partial charge in [0.25, 0.3) is 0 Å². The van der Waals surface area contributed by atoms with E-state index < -0.39 is 0 Å². The molecule has 0 radical (unpaired) electrons. The number of nitrogens with zero attached hydrogens (tertiary/aromatic N) is 1. The molecule has 0 aliphatic rings. The fourth-order valence-electron chi connectivity index (χ4n) is 1.58. The third-order valence-electron chi connectivity index (χ3n) is 2.28. The van der Waals surface area contributed by atoms with Gasteiger partial charge >= 0.3 is 0 Å². The van der Waals surface area contributed by atoms with E-state index in [0.29, 0.717) is 12.1 Å². The van der Waals surface area contributed by atoms with Crippen molar-refractivity contribution in [1.82, 2.24) is 0 Å². The number of benzene rings is 2. The number of nitrogens with two attached hydrogens (primary N) is 1. The second-order valence-electron chi connectivity index (χ2n) is 3.18. The maximum Gasteiger partial charge on any atom is 0.0998 e. The largest absolute Gasteiger partial charge is 0.326 e. The van der Waals surface area contributed by atoms with E-state index in [1.54, 1.807) is 0 Å². The minimum atomic E-state index is 0.472. The molecular formula is C12H10N2. The Kier molecular flexibility index (Phi) is 2.18. The van der Waals surface area contributed by atoms with Crippen LogP contribution < -0.4 is 5.73 Å². The first-order valence-corrected chi connectivity index (χ1v) is 4.47. The molecule has 2 aromatic rings. The summed E-state index contributed by atoms with van der Waals surface area (Å²) in [4.78, 5) is 0. The lowest BCUT2D eigenvalue weighted by molar-refractivity contribution is 1.07. The van der Waals surface area contributed by atoms with Crippen LogP contribution in [-0.2, 0) is 6.54 Å². The first kappa shape index (κ1) is 8.74. The third kappa shape index (κ3) is 1.34. The van der Waals surface area contributed by atoms with Gasteiger partial charge in [0.05, 0.1) is 11.6 Å². The van der Waals surface area contributed by atoms with Crippen LogP contribution in [0.5, 0.6) is 0 Å². The quantitative estimate of drug-likeness (QED) is 0.734. The smallest absolute Gasteiger partial charge is 0.0998 e. The van der Waals surface area contributed by atoms with Crippen LogP contribution in [-0.4, -0.2) is 0 Å². The highest BCUT2D eigenvalue weighted by Gasteiger charge is 2.01. The van der Waals surface area contributed by atoms with Gasteiger partial charge in [0.1, 0.15) is 0 Å². The summed E-state index contributed by atoms with van der Waals surface area (Å²) in [7, 11) is 0. The van der Waals surface area contributed by atoms with Crippen molar-refractivity contribution in [3.8, 4) is 6.07 Å². The molecule has 2 heteroatoms. The average molecular weight is 182 g/mol. The molecule has 0 unspecified atom stereocenters. The van der Waals surface area contributed by atoms with Crippen molar-refractivity contribution in [2.24, 2.45) is 5.73 Å². The molecule has 0 saturated carbocycles. The number of fused-ring (bicyclic) bond motifs is 1. The molecule has 0 heterocycles. The standard InChI is InChI=1S/C12H10N2/c13-7-9-5-10-3-1-2-4-12(10)11(6-9)8-14/h1-6H,7,13H2. The zero-order valence-electron chi connectivity index (χ0n) is 7.70. The molecule has 2 rings (SSSR count). The van der Waals surface area contributed by atoms with Gasteiger partial charge in [-0.3, -0.25) is 0 Å². The number of hydrogen-bond acceptors (Lipinski definition) is 2. The predicted molar refractivity (Wildman–Crippen MR) is 56.6 cm³/mol. The molecule has 2 aromatic carbocycles. The monoisotopic (exact) mass is 182 g/mol. The highest BCUT2D eigenvalue weighted by molar-refractivity contribution is 5.88. The molecule has 0 fully saturated rings. The van der Waals surface area contributed by atoms with E-state index in [0.717, 1.165) is 16.3 Å². The van der Waals surface area contributed by atoms with E-state index in [-0.39, 0.29) is 0 Å². The maximum atomic E-state index is 8.96. The minimum absolute atomic E-state index is 0.472. The molecule has 0 aliphatic carbocycles. The molecule has 0 saturated heterocycles. The number of rotatable bonds is 1. The Bertz CT molecular complexity index is 509. The van der Waals surface area contributed by atoms with E-state index in [4.69, 9.17) is 11.0 Å². The second-order valence-corrected chi connectivity index (χ2v) is 3.18. The van der Waals surface area contributed by atoms with Gasteiger partial charge in [0.2, 0.25) is 0 Å². The Hall–Kier alpha value is -1.85. The Morgan fingerprint density at radius 3 is 2.71 bits per heavy atom. The topological polar surface area (TPSA) is 49.8 Å². The summed E-state index contributed by atoms with van der Waals surface area (Å²) in [5.41, 5.74) is 7.25. The summed E-state index contributed by atoms with van der Waals surface area (Å²) in [6.07, 6.45) is 0. The van der Waals surface area contributed by atoms with E-state index in [9.17, 15) is 0 Å². The average Bonchev–Trinajstić information content (AvgIpc) is 2.27. The molecule has 0 aromatic heterocycles. The summed E-state index contributed by atoms with van der Waals surface area (Å²) in [6.45, 7) is 0.472. The van der Waals surface area contributed by atoms with Gasteiger partial charge in [-0.05, 0) is 28.5 Å². The normalized spacial score (nSPS) is 10.0. The fraction of sp³-hybridized carbons (Fsp3) is 0.0833. The van der Waals surface area contributed by atoms with Gasteiger partial charge in [-0.1, -0.05) is 24.3 Å². The van der Waals surface area contributed by atoms with Crippen molar-refractivity contribution in [3.63, 3.8) is 0 Å². The van der Waals surface area contributed by atoms with Crippen molar-refractivity contribution in [2.45, 2.75) is 6.54 Å². The van der Waals surface area contributed by atoms with Crippen LogP contribution in [0.4, 0.5) is 0 Å². The highest BCUT2D eigenvalue weighted by atomic mass is 14.5. The van der Waals surface area contributed by atoms with Crippen LogP contribution in [0, 0.1) is 11.3 Å². The van der Waals surface area contributed by atoms with Gasteiger partial charge in [-0.25, -0.2) is 0 Å². The first-order valence-electron chi connectivity index (χ1n) is 4.47. The van der Waals surface area contributed by atoms with Crippen LogP contribution in [0.1, 0.15) is 11.1 Å². The Morgan fingerprint density at radius 1 is 1.21 bits per heavy atom. The molecule has 2 nitrogen and oxygen atoms in total. The molecule has 0 spiro atoms. The molecule has 14 heavy (non-hydrogen) atoms. The molecule has 68 valence electrons. The molecule has 0 amide bonds. The summed E-state index contributed by atoms with van der Waals surface area (Å²) in [5, 5.41) is 11.0. The highest BCUT2D eigenvalue weighted by Crippen LogP contribution is 2.20. The van der Waals surface area contributed by atoms with Gasteiger partial charge in [0, 0.05) is 6.54 Å². The Balaban J connectivity index is 2.82. The zero-order valence-corrected chi connectivity index (χ0v) is 7.70. The third-order valence-corrected chi connectivity index (χ3v) is 2.28. The lowest BCUT2D eigenvalue weighted by Crippen LogP contribution is -1.96. The van der Waals surface area contributed by atoms with Gasteiger partial charge in [0.15, 0.2) is 0 Å². The molecular weight excluding hydrogens is 172 g/mol. The van der Waals surface area contributed by atoms with Crippen LogP contribution in [0.3, 0.4) is 0 Å².